The van der Waals surface area contributed by atoms with Crippen molar-refractivity contribution in [3.05, 3.63) is 36.3 Å². The molecule has 0 amide bonds. The van der Waals surface area contributed by atoms with E-state index in [9.17, 15) is 5.11 Å². The monoisotopic (exact) mass is 450 g/mol. The number of pyridine rings is 2. The molecule has 0 bridgehead atoms. The van der Waals surface area contributed by atoms with Crippen molar-refractivity contribution in [2.45, 2.75) is 38.8 Å². The number of nitrogens with zero attached hydrogens (tertiary/aromatic N) is 6. The molecule has 3 aromatic rings. The second-order valence-corrected chi connectivity index (χ2v) is 8.81. The van der Waals surface area contributed by atoms with E-state index in [0.29, 0.717) is 16.9 Å². The predicted octanol–water partition coefficient (Wildman–Crippen LogP) is 2.38. The van der Waals surface area contributed by atoms with Crippen LogP contribution in [0.3, 0.4) is 0 Å². The van der Waals surface area contributed by atoms with Crippen LogP contribution in [0.2, 0.25) is 0 Å². The molecule has 0 saturated carbocycles. The normalized spacial score (nSPS) is 16.2. The highest BCUT2D eigenvalue weighted by atomic mass is 16.3. The minimum absolute atomic E-state index is 0.0234. The fraction of sp³-hybridized carbons (Fsp3) is 0.500. The van der Waals surface area contributed by atoms with Gasteiger partial charge in [0.2, 0.25) is 5.95 Å². The fourth-order valence-corrected chi connectivity index (χ4v) is 4.07. The first-order valence-corrected chi connectivity index (χ1v) is 11.7. The second kappa shape index (κ2) is 10.8. The molecule has 176 valence electrons. The molecule has 9 heteroatoms. The third-order valence-corrected chi connectivity index (χ3v) is 6.16. The number of aliphatic hydroxyl groups excluding tert-OH is 1. The second-order valence-electron chi connectivity index (χ2n) is 8.81. The maximum Gasteiger partial charge on any atom is 0.222 e. The van der Waals surface area contributed by atoms with Crippen LogP contribution in [0.4, 0.5) is 11.8 Å². The summed E-state index contributed by atoms with van der Waals surface area (Å²) >= 11 is 0. The summed E-state index contributed by atoms with van der Waals surface area (Å²) in [6.07, 6.45) is 6.64. The van der Waals surface area contributed by atoms with Crippen LogP contribution in [0.5, 0.6) is 0 Å². The van der Waals surface area contributed by atoms with Gasteiger partial charge < -0.3 is 21.1 Å². The molecule has 1 aliphatic heterocycles. The topological polar surface area (TPSA) is 116 Å². The highest BCUT2D eigenvalue weighted by Gasteiger charge is 2.16. The third kappa shape index (κ3) is 5.93. The summed E-state index contributed by atoms with van der Waals surface area (Å²) < 4.78 is 0. The van der Waals surface area contributed by atoms with Gasteiger partial charge in [0.25, 0.3) is 0 Å². The summed E-state index contributed by atoms with van der Waals surface area (Å²) in [5, 5.41) is 13.0. The Morgan fingerprint density at radius 2 is 1.88 bits per heavy atom. The molecule has 1 aliphatic rings. The van der Waals surface area contributed by atoms with Gasteiger partial charge in [-0.1, -0.05) is 25.8 Å². The molecule has 4 N–H and O–H groups in total. The van der Waals surface area contributed by atoms with Crippen molar-refractivity contribution in [1.82, 2.24) is 29.7 Å². The Bertz CT molecular complexity index is 1050. The van der Waals surface area contributed by atoms with E-state index in [-0.39, 0.29) is 18.6 Å². The number of aromatic nitrogens is 4. The largest absolute Gasteiger partial charge is 0.394 e. The van der Waals surface area contributed by atoms with E-state index < -0.39 is 0 Å². The number of anilines is 2. The summed E-state index contributed by atoms with van der Waals surface area (Å²) in [6.45, 7) is 7.36. The number of hydrogen-bond acceptors (Lipinski definition) is 9. The molecular formula is C24H34N8O. The number of unbranched alkanes of at least 4 members (excludes halogenated alkanes) is 1. The fourth-order valence-electron chi connectivity index (χ4n) is 4.07. The van der Waals surface area contributed by atoms with Crippen molar-refractivity contribution in [2.75, 3.05) is 50.9 Å². The molecule has 4 heterocycles. The Kier molecular flexibility index (Phi) is 7.64. The van der Waals surface area contributed by atoms with Gasteiger partial charge in [-0.2, -0.15) is 4.98 Å². The van der Waals surface area contributed by atoms with Gasteiger partial charge in [-0.25, -0.2) is 4.98 Å². The Hall–Kier alpha value is -2.88. The van der Waals surface area contributed by atoms with Crippen molar-refractivity contribution >= 4 is 22.8 Å². The molecule has 0 aliphatic carbocycles. The number of likely N-dealkylation sites (N-methyl/N-ethyl adjacent to an activating group) is 1. The Morgan fingerprint density at radius 1 is 1.09 bits per heavy atom. The molecule has 1 unspecified atom stereocenters. The number of aliphatic hydroxyl groups is 1. The van der Waals surface area contributed by atoms with Gasteiger partial charge in [-0.05, 0) is 25.6 Å². The van der Waals surface area contributed by atoms with Gasteiger partial charge in [-0.15, -0.1) is 0 Å². The summed E-state index contributed by atoms with van der Waals surface area (Å²) in [5.74, 6) is 0.733. The average molecular weight is 451 g/mol. The van der Waals surface area contributed by atoms with Crippen LogP contribution in [-0.4, -0.2) is 80.7 Å². The van der Waals surface area contributed by atoms with Crippen LogP contribution in [0.25, 0.3) is 22.2 Å². The first-order chi connectivity index (χ1) is 16.1. The summed E-state index contributed by atoms with van der Waals surface area (Å²) in [6, 6.07) is 6.03. The zero-order valence-electron chi connectivity index (χ0n) is 19.5. The Balaban J connectivity index is 1.51. The van der Waals surface area contributed by atoms with E-state index >= 15 is 0 Å². The Morgan fingerprint density at radius 3 is 2.58 bits per heavy atom. The lowest BCUT2D eigenvalue weighted by molar-refractivity contribution is 0.147. The van der Waals surface area contributed by atoms with E-state index in [1.54, 1.807) is 0 Å². The van der Waals surface area contributed by atoms with E-state index in [2.05, 4.69) is 61.2 Å². The number of rotatable bonds is 9. The van der Waals surface area contributed by atoms with Gasteiger partial charge in [-0.3, -0.25) is 14.9 Å². The van der Waals surface area contributed by atoms with E-state index in [1.807, 2.05) is 18.5 Å². The number of fused-ring (bicyclic) bond motifs is 1. The number of nitrogens with two attached hydrogens (primary N) is 1. The standard InChI is InChI=1S/C24H34N8O/c1-3-4-5-20(16-33)28-23-22-21(29-24(25)30-23)12-18(14-27-22)17-6-7-19(26-13-17)15-32-10-8-31(2)9-11-32/h6-7,12-14,20,33H,3-5,8-11,15-16H2,1-2H3,(H3,25,28,29,30). The van der Waals surface area contributed by atoms with Gasteiger partial charge in [0, 0.05) is 56.2 Å². The number of nitrogen functional groups attached to an aromatic ring is 1. The molecule has 3 aromatic heterocycles. The molecule has 9 nitrogen and oxygen atoms in total. The zero-order chi connectivity index (χ0) is 23.2. The number of hydrogen-bond donors (Lipinski definition) is 3. The third-order valence-electron chi connectivity index (χ3n) is 6.16. The van der Waals surface area contributed by atoms with Crippen molar-refractivity contribution in [2.24, 2.45) is 0 Å². The van der Waals surface area contributed by atoms with Crippen LogP contribution >= 0.6 is 0 Å². The summed E-state index contributed by atoms with van der Waals surface area (Å²) in [7, 11) is 2.16. The zero-order valence-corrected chi connectivity index (χ0v) is 19.5. The van der Waals surface area contributed by atoms with Crippen molar-refractivity contribution in [1.29, 1.82) is 0 Å². The number of nitrogens with one attached hydrogen (secondary N) is 1. The van der Waals surface area contributed by atoms with Crippen LogP contribution in [0, 0.1) is 0 Å². The smallest absolute Gasteiger partial charge is 0.222 e. The van der Waals surface area contributed by atoms with Crippen LogP contribution in [0.1, 0.15) is 31.9 Å². The maximum atomic E-state index is 9.72. The first kappa shape index (κ1) is 23.3. The maximum absolute atomic E-state index is 9.72. The van der Waals surface area contributed by atoms with Crippen LogP contribution in [0.15, 0.2) is 30.6 Å². The first-order valence-electron chi connectivity index (χ1n) is 11.7. The predicted molar refractivity (Wildman–Crippen MR) is 132 cm³/mol. The van der Waals surface area contributed by atoms with Crippen LogP contribution in [-0.2, 0) is 6.54 Å². The van der Waals surface area contributed by atoms with Crippen LogP contribution < -0.4 is 11.1 Å². The Labute approximate surface area is 195 Å². The van der Waals surface area contributed by atoms with E-state index in [4.69, 9.17) is 5.73 Å². The SMILES string of the molecule is CCCCC(CO)Nc1nc(N)nc2cc(-c3ccc(CN4CCN(C)CC4)nc3)cnc12. The van der Waals surface area contributed by atoms with Gasteiger partial charge in [0.1, 0.15) is 5.52 Å². The minimum atomic E-state index is -0.0963. The highest BCUT2D eigenvalue weighted by molar-refractivity contribution is 5.89. The van der Waals surface area contributed by atoms with Crippen molar-refractivity contribution in [3.8, 4) is 11.1 Å². The molecule has 1 atom stereocenters. The molecule has 4 rings (SSSR count). The van der Waals surface area contributed by atoms with Crippen molar-refractivity contribution < 1.29 is 5.11 Å². The molecule has 0 aromatic carbocycles. The lowest BCUT2D eigenvalue weighted by Crippen LogP contribution is -2.43. The van der Waals surface area contributed by atoms with Gasteiger partial charge >= 0.3 is 0 Å². The average Bonchev–Trinajstić information content (AvgIpc) is 2.83. The lowest BCUT2D eigenvalue weighted by atomic mass is 10.1. The van der Waals surface area contributed by atoms with Crippen molar-refractivity contribution in [3.63, 3.8) is 0 Å². The molecule has 0 spiro atoms. The van der Waals surface area contributed by atoms with E-state index in [0.717, 1.165) is 68.8 Å². The highest BCUT2D eigenvalue weighted by Crippen LogP contribution is 2.26. The summed E-state index contributed by atoms with van der Waals surface area (Å²) in [5.41, 5.74) is 10.3. The quantitative estimate of drug-likeness (QED) is 0.452. The summed E-state index contributed by atoms with van der Waals surface area (Å²) in [4.78, 5) is 22.8. The molecule has 1 saturated heterocycles. The molecule has 33 heavy (non-hydrogen) atoms. The molecular weight excluding hydrogens is 416 g/mol. The van der Waals surface area contributed by atoms with E-state index in [1.165, 1.54) is 0 Å². The lowest BCUT2D eigenvalue weighted by Gasteiger charge is -2.32. The number of piperazine rings is 1. The molecule has 0 radical (unpaired) electrons. The minimum Gasteiger partial charge on any atom is -0.394 e. The van der Waals surface area contributed by atoms with Gasteiger partial charge in [0.15, 0.2) is 5.82 Å². The van der Waals surface area contributed by atoms with Gasteiger partial charge in [0.05, 0.1) is 23.9 Å². The molecule has 1 fully saturated rings.